The average molecular weight is 279 g/mol. The van der Waals surface area contributed by atoms with Gasteiger partial charge in [0.25, 0.3) is 0 Å². The molecule has 0 saturated carbocycles. The Morgan fingerprint density at radius 3 is 2.75 bits per heavy atom. The van der Waals surface area contributed by atoms with Gasteiger partial charge in [-0.3, -0.25) is 9.25 Å². The summed E-state index contributed by atoms with van der Waals surface area (Å²) in [6.45, 7) is 3.86. The molecule has 6 heteroatoms. The molecule has 0 aliphatic rings. The number of rotatable bonds is 8. The van der Waals surface area contributed by atoms with Gasteiger partial charge in [0.1, 0.15) is 5.52 Å². The van der Waals surface area contributed by atoms with E-state index in [-0.39, 0.29) is 0 Å². The molecule has 0 atom stereocenters. The lowest BCUT2D eigenvalue weighted by atomic mass is 10.2. The van der Waals surface area contributed by atoms with E-state index in [2.05, 4.69) is 21.6 Å². The Morgan fingerprint density at radius 1 is 1.25 bits per heavy atom. The normalized spacial score (nSPS) is 11.6. The fourth-order valence-corrected chi connectivity index (χ4v) is 2.58. The summed E-state index contributed by atoms with van der Waals surface area (Å²) in [6.07, 6.45) is 5.30. The van der Waals surface area contributed by atoms with Crippen molar-refractivity contribution in [1.82, 2.24) is 19.3 Å². The highest BCUT2D eigenvalue weighted by molar-refractivity contribution is 5.77. The Balaban J connectivity index is 2.14. The topological polar surface area (TPSA) is 70.9 Å². The highest BCUT2D eigenvalue weighted by Crippen LogP contribution is 2.22. The second kappa shape index (κ2) is 6.74. The molecule has 0 amide bonds. The molecular formula is C14H25N5O. The third kappa shape index (κ3) is 2.95. The summed E-state index contributed by atoms with van der Waals surface area (Å²) in [4.78, 5) is 4.50. The zero-order valence-corrected chi connectivity index (χ0v) is 12.7. The van der Waals surface area contributed by atoms with Gasteiger partial charge < -0.3 is 10.5 Å². The predicted molar refractivity (Wildman–Crippen MR) is 80.6 cm³/mol. The first kappa shape index (κ1) is 14.8. The summed E-state index contributed by atoms with van der Waals surface area (Å²) in [5.74, 6) is 0.595. The zero-order valence-electron chi connectivity index (χ0n) is 12.7. The fourth-order valence-electron chi connectivity index (χ4n) is 2.58. The SMILES string of the molecule is CCCc1nn(C)c2c1nc(N)n2CCCCCOC. The molecule has 0 saturated heterocycles. The molecule has 2 N–H and O–H groups in total. The molecule has 2 heterocycles. The van der Waals surface area contributed by atoms with Crippen LogP contribution >= 0.6 is 0 Å². The highest BCUT2D eigenvalue weighted by atomic mass is 16.5. The second-order valence-corrected chi connectivity index (χ2v) is 5.17. The first-order chi connectivity index (χ1) is 9.69. The van der Waals surface area contributed by atoms with Crippen molar-refractivity contribution in [3.8, 4) is 0 Å². The monoisotopic (exact) mass is 279 g/mol. The van der Waals surface area contributed by atoms with Crippen LogP contribution in [-0.4, -0.2) is 33.0 Å². The molecule has 112 valence electrons. The van der Waals surface area contributed by atoms with Crippen LogP contribution in [0, 0.1) is 0 Å². The summed E-state index contributed by atoms with van der Waals surface area (Å²) in [5, 5.41) is 4.56. The molecule has 2 aromatic rings. The summed E-state index contributed by atoms with van der Waals surface area (Å²) < 4.78 is 9.04. The molecule has 20 heavy (non-hydrogen) atoms. The van der Waals surface area contributed by atoms with E-state index in [1.165, 1.54) is 0 Å². The minimum Gasteiger partial charge on any atom is -0.385 e. The third-order valence-corrected chi connectivity index (χ3v) is 3.54. The van der Waals surface area contributed by atoms with Crippen molar-refractivity contribution in [3.63, 3.8) is 0 Å². The van der Waals surface area contributed by atoms with Gasteiger partial charge in [0, 0.05) is 27.3 Å². The number of methoxy groups -OCH3 is 1. The van der Waals surface area contributed by atoms with Crippen molar-refractivity contribution in [2.24, 2.45) is 7.05 Å². The fraction of sp³-hybridized carbons (Fsp3) is 0.714. The molecular weight excluding hydrogens is 254 g/mol. The number of aromatic nitrogens is 4. The van der Waals surface area contributed by atoms with Crippen LogP contribution in [0.5, 0.6) is 0 Å². The molecule has 0 aromatic carbocycles. The van der Waals surface area contributed by atoms with E-state index in [1.54, 1.807) is 7.11 Å². The van der Waals surface area contributed by atoms with E-state index >= 15 is 0 Å². The van der Waals surface area contributed by atoms with Crippen LogP contribution < -0.4 is 5.73 Å². The highest BCUT2D eigenvalue weighted by Gasteiger charge is 2.16. The molecule has 0 radical (unpaired) electrons. The molecule has 0 bridgehead atoms. The van der Waals surface area contributed by atoms with Crippen LogP contribution in [0.4, 0.5) is 5.95 Å². The first-order valence-corrected chi connectivity index (χ1v) is 7.35. The summed E-state index contributed by atoms with van der Waals surface area (Å²) >= 11 is 0. The van der Waals surface area contributed by atoms with Gasteiger partial charge in [-0.05, 0) is 25.7 Å². The van der Waals surface area contributed by atoms with Gasteiger partial charge in [0.15, 0.2) is 5.65 Å². The quantitative estimate of drug-likeness (QED) is 0.751. The molecule has 0 aliphatic carbocycles. The van der Waals surface area contributed by atoms with Crippen LogP contribution in [0.3, 0.4) is 0 Å². The van der Waals surface area contributed by atoms with Crippen molar-refractivity contribution < 1.29 is 4.74 Å². The minimum absolute atomic E-state index is 0.595. The summed E-state index contributed by atoms with van der Waals surface area (Å²) in [5.41, 5.74) is 9.11. The number of nitrogen functional groups attached to an aromatic ring is 1. The smallest absolute Gasteiger partial charge is 0.202 e. The van der Waals surface area contributed by atoms with Gasteiger partial charge in [-0.1, -0.05) is 13.3 Å². The van der Waals surface area contributed by atoms with Crippen molar-refractivity contribution >= 4 is 17.1 Å². The molecule has 0 aliphatic heterocycles. The van der Waals surface area contributed by atoms with Gasteiger partial charge in [0.05, 0.1) is 5.69 Å². The van der Waals surface area contributed by atoms with E-state index < -0.39 is 0 Å². The van der Waals surface area contributed by atoms with E-state index in [0.717, 1.165) is 62.1 Å². The molecule has 6 nitrogen and oxygen atoms in total. The number of unbranched alkanes of at least 4 members (excludes halogenated alkanes) is 2. The lowest BCUT2D eigenvalue weighted by molar-refractivity contribution is 0.191. The Bertz CT molecular complexity index is 557. The number of imidazole rings is 1. The van der Waals surface area contributed by atoms with Crippen LogP contribution in [0.1, 0.15) is 38.3 Å². The largest absolute Gasteiger partial charge is 0.385 e. The van der Waals surface area contributed by atoms with E-state index in [4.69, 9.17) is 10.5 Å². The molecule has 0 spiro atoms. The van der Waals surface area contributed by atoms with Crippen molar-refractivity contribution in [1.29, 1.82) is 0 Å². The molecule has 0 fully saturated rings. The maximum Gasteiger partial charge on any atom is 0.202 e. The summed E-state index contributed by atoms with van der Waals surface area (Å²) in [6, 6.07) is 0. The van der Waals surface area contributed by atoms with Crippen molar-refractivity contribution in [3.05, 3.63) is 5.69 Å². The Hall–Kier alpha value is -1.56. The zero-order chi connectivity index (χ0) is 14.5. The average Bonchev–Trinajstić information content (AvgIpc) is 2.89. The number of anilines is 1. The van der Waals surface area contributed by atoms with Gasteiger partial charge in [0.2, 0.25) is 5.95 Å². The molecule has 2 rings (SSSR count). The summed E-state index contributed by atoms with van der Waals surface area (Å²) in [7, 11) is 3.70. The molecule has 2 aromatic heterocycles. The standard InChI is InChI=1S/C14H25N5O/c1-4-8-11-12-13(18(2)17-11)19(14(15)16-12)9-6-5-7-10-20-3/h4-10H2,1-3H3,(H2,15,16). The Morgan fingerprint density at radius 2 is 2.05 bits per heavy atom. The molecule has 0 unspecified atom stereocenters. The number of nitrogens with two attached hydrogens (primary N) is 1. The maximum absolute atomic E-state index is 6.06. The Kier molecular flexibility index (Phi) is 5.00. The lowest BCUT2D eigenvalue weighted by Crippen LogP contribution is -2.07. The van der Waals surface area contributed by atoms with Crippen molar-refractivity contribution in [2.75, 3.05) is 19.5 Å². The number of nitrogens with zero attached hydrogens (tertiary/aromatic N) is 4. The predicted octanol–water partition coefficient (Wildman–Crippen LogP) is 2.12. The number of ether oxygens (including phenoxy) is 1. The van der Waals surface area contributed by atoms with Crippen molar-refractivity contribution in [2.45, 2.75) is 45.6 Å². The number of hydrogen-bond acceptors (Lipinski definition) is 4. The Labute approximate surface area is 119 Å². The first-order valence-electron chi connectivity index (χ1n) is 7.35. The number of hydrogen-bond donors (Lipinski definition) is 1. The van der Waals surface area contributed by atoms with E-state index in [0.29, 0.717) is 5.95 Å². The van der Waals surface area contributed by atoms with Gasteiger partial charge in [-0.25, -0.2) is 4.98 Å². The van der Waals surface area contributed by atoms with E-state index in [9.17, 15) is 0 Å². The number of aryl methyl sites for hydroxylation is 3. The number of fused-ring (bicyclic) bond motifs is 1. The lowest BCUT2D eigenvalue weighted by Gasteiger charge is -2.06. The van der Waals surface area contributed by atoms with Crippen LogP contribution in [-0.2, 0) is 24.8 Å². The van der Waals surface area contributed by atoms with E-state index in [1.807, 2.05) is 11.7 Å². The maximum atomic E-state index is 6.06. The van der Waals surface area contributed by atoms with Crippen LogP contribution in [0.25, 0.3) is 11.2 Å². The van der Waals surface area contributed by atoms with Gasteiger partial charge in [-0.2, -0.15) is 5.10 Å². The third-order valence-electron chi connectivity index (χ3n) is 3.54. The van der Waals surface area contributed by atoms with Gasteiger partial charge in [-0.15, -0.1) is 0 Å². The van der Waals surface area contributed by atoms with Crippen LogP contribution in [0.2, 0.25) is 0 Å². The second-order valence-electron chi connectivity index (χ2n) is 5.17. The van der Waals surface area contributed by atoms with Crippen LogP contribution in [0.15, 0.2) is 0 Å². The van der Waals surface area contributed by atoms with Gasteiger partial charge >= 0.3 is 0 Å². The minimum atomic E-state index is 0.595.